The largest absolute Gasteiger partial charge is 0.478 e. The Kier molecular flexibility index (Phi) is 5.10. The van der Waals surface area contributed by atoms with Crippen LogP contribution in [-0.2, 0) is 0 Å². The average molecular weight is 328 g/mol. The van der Waals surface area contributed by atoms with Gasteiger partial charge in [-0.15, -0.1) is 0 Å². The van der Waals surface area contributed by atoms with Crippen molar-refractivity contribution in [2.24, 2.45) is 0 Å². The van der Waals surface area contributed by atoms with E-state index in [1.807, 2.05) is 5.32 Å². The maximum Gasteiger partial charge on any atom is 0.338 e. The lowest BCUT2D eigenvalue weighted by molar-refractivity contribution is -0.393. The van der Waals surface area contributed by atoms with Gasteiger partial charge in [-0.05, 0) is 0 Å². The van der Waals surface area contributed by atoms with Crippen molar-refractivity contribution in [2.45, 2.75) is 0 Å². The van der Waals surface area contributed by atoms with Gasteiger partial charge in [-0.1, -0.05) is 0 Å². The third-order valence-electron chi connectivity index (χ3n) is 2.58. The van der Waals surface area contributed by atoms with Gasteiger partial charge in [0.2, 0.25) is 0 Å². The molecule has 0 aliphatic carbocycles. The Labute approximate surface area is 132 Å². The zero-order valence-corrected chi connectivity index (χ0v) is 11.4. The number of nitriles is 3. The van der Waals surface area contributed by atoms with E-state index >= 15 is 0 Å². The number of carboxylic acid groups (broad SMARTS) is 1. The summed E-state index contributed by atoms with van der Waals surface area (Å²) in [6.45, 7) is 0. The Morgan fingerprint density at radius 3 is 2.04 bits per heavy atom. The van der Waals surface area contributed by atoms with Gasteiger partial charge < -0.3 is 10.4 Å². The first-order chi connectivity index (χ1) is 11.3. The molecular formula is C12H4N6O6. The number of hydrogen-bond acceptors (Lipinski definition) is 9. The van der Waals surface area contributed by atoms with Crippen molar-refractivity contribution in [3.05, 3.63) is 49.2 Å². The summed E-state index contributed by atoms with van der Waals surface area (Å²) in [5.74, 6) is -1.75. The number of nitrogens with one attached hydrogen (secondary N) is 1. The van der Waals surface area contributed by atoms with Gasteiger partial charge in [0.25, 0.3) is 11.4 Å². The lowest BCUT2D eigenvalue weighted by atomic mass is 10.1. The van der Waals surface area contributed by atoms with Crippen LogP contribution in [0.4, 0.5) is 17.1 Å². The van der Waals surface area contributed by atoms with Crippen LogP contribution in [0.5, 0.6) is 0 Å². The summed E-state index contributed by atoms with van der Waals surface area (Å²) in [7, 11) is 0. The van der Waals surface area contributed by atoms with Crippen molar-refractivity contribution in [2.75, 3.05) is 5.32 Å². The Balaban J connectivity index is 3.78. The fourth-order valence-electron chi connectivity index (χ4n) is 1.57. The molecule has 0 spiro atoms. The molecule has 0 heterocycles. The lowest BCUT2D eigenvalue weighted by Crippen LogP contribution is -2.10. The van der Waals surface area contributed by atoms with Gasteiger partial charge >= 0.3 is 5.97 Å². The molecule has 0 saturated heterocycles. The Morgan fingerprint density at radius 1 is 1.08 bits per heavy atom. The van der Waals surface area contributed by atoms with Gasteiger partial charge in [0.15, 0.2) is 5.57 Å². The molecule has 0 aliphatic rings. The van der Waals surface area contributed by atoms with E-state index in [9.17, 15) is 25.0 Å². The van der Waals surface area contributed by atoms with Gasteiger partial charge in [-0.2, -0.15) is 15.8 Å². The third kappa shape index (κ3) is 3.39. The number of allylic oxidation sites excluding steroid dienone is 2. The molecule has 12 nitrogen and oxygen atoms in total. The van der Waals surface area contributed by atoms with Crippen LogP contribution in [0.1, 0.15) is 10.4 Å². The first-order valence-electron chi connectivity index (χ1n) is 5.68. The predicted octanol–water partition coefficient (Wildman–Crippen LogP) is 1.44. The van der Waals surface area contributed by atoms with E-state index in [1.54, 1.807) is 0 Å². The third-order valence-corrected chi connectivity index (χ3v) is 2.58. The smallest absolute Gasteiger partial charge is 0.338 e. The number of hydrogen-bond donors (Lipinski definition) is 2. The SMILES string of the molecule is N#CC(C#N)=C(C#N)Nc1c(C(=O)O)cc([N+](=O)[O-])cc1[N+](=O)[O-]. The van der Waals surface area contributed by atoms with Crippen LogP contribution in [0, 0.1) is 54.2 Å². The quantitative estimate of drug-likeness (QED) is 0.451. The van der Waals surface area contributed by atoms with E-state index in [0.717, 1.165) is 0 Å². The van der Waals surface area contributed by atoms with Crippen LogP contribution in [0.25, 0.3) is 0 Å². The molecule has 12 heteroatoms. The Morgan fingerprint density at radius 2 is 1.67 bits per heavy atom. The van der Waals surface area contributed by atoms with E-state index in [2.05, 4.69) is 0 Å². The highest BCUT2D eigenvalue weighted by Gasteiger charge is 2.28. The number of aromatic carboxylic acids is 1. The summed E-state index contributed by atoms with van der Waals surface area (Å²) < 4.78 is 0. The highest BCUT2D eigenvalue weighted by atomic mass is 16.6. The van der Waals surface area contributed by atoms with Gasteiger partial charge in [0.05, 0.1) is 21.5 Å². The van der Waals surface area contributed by atoms with Gasteiger partial charge in [0.1, 0.15) is 29.6 Å². The molecule has 0 unspecified atom stereocenters. The number of benzene rings is 1. The Hall–Kier alpha value is -4.50. The second kappa shape index (κ2) is 6.98. The van der Waals surface area contributed by atoms with E-state index in [1.165, 1.54) is 18.2 Å². The Bertz CT molecular complexity index is 862. The van der Waals surface area contributed by atoms with Crippen LogP contribution in [0.15, 0.2) is 23.4 Å². The van der Waals surface area contributed by atoms with Crippen LogP contribution in [-0.4, -0.2) is 20.9 Å². The van der Waals surface area contributed by atoms with Gasteiger partial charge in [0, 0.05) is 6.07 Å². The predicted molar refractivity (Wildman–Crippen MR) is 74.2 cm³/mol. The summed E-state index contributed by atoms with van der Waals surface area (Å²) >= 11 is 0. The highest BCUT2D eigenvalue weighted by Crippen LogP contribution is 2.34. The van der Waals surface area contributed by atoms with Crippen molar-refractivity contribution >= 4 is 23.0 Å². The molecule has 0 radical (unpaired) electrons. The number of carbonyl (C=O) groups is 1. The minimum absolute atomic E-state index is 0.488. The molecule has 0 aliphatic heterocycles. The normalized spacial score (nSPS) is 8.88. The number of non-ortho nitro benzene ring substituents is 1. The highest BCUT2D eigenvalue weighted by molar-refractivity contribution is 5.98. The maximum absolute atomic E-state index is 11.2. The zero-order chi connectivity index (χ0) is 18.4. The minimum atomic E-state index is -1.75. The van der Waals surface area contributed by atoms with Crippen LogP contribution < -0.4 is 5.32 Å². The summed E-state index contributed by atoms with van der Waals surface area (Å²) in [5.41, 5.74) is -4.99. The summed E-state index contributed by atoms with van der Waals surface area (Å²) in [4.78, 5) is 30.9. The summed E-state index contributed by atoms with van der Waals surface area (Å²) in [5, 5.41) is 59.3. The number of nitrogens with zero attached hydrogens (tertiary/aromatic N) is 5. The van der Waals surface area contributed by atoms with Crippen LogP contribution in [0.3, 0.4) is 0 Å². The number of rotatable bonds is 5. The molecule has 118 valence electrons. The molecule has 1 aromatic carbocycles. The lowest BCUT2D eigenvalue weighted by Gasteiger charge is -2.09. The van der Waals surface area contributed by atoms with Crippen LogP contribution in [0.2, 0.25) is 0 Å². The van der Waals surface area contributed by atoms with E-state index in [4.69, 9.17) is 20.9 Å². The number of nitro groups is 2. The van der Waals surface area contributed by atoms with Crippen LogP contribution >= 0.6 is 0 Å². The van der Waals surface area contributed by atoms with Crippen molar-refractivity contribution in [3.8, 4) is 18.2 Å². The minimum Gasteiger partial charge on any atom is -0.478 e. The number of carboxylic acids is 1. The molecule has 1 aromatic rings. The topological polar surface area (TPSA) is 207 Å². The van der Waals surface area contributed by atoms with Crippen molar-refractivity contribution in [1.29, 1.82) is 15.8 Å². The second-order valence-corrected chi connectivity index (χ2v) is 3.92. The molecule has 0 bridgehead atoms. The molecule has 24 heavy (non-hydrogen) atoms. The fourth-order valence-corrected chi connectivity index (χ4v) is 1.57. The molecule has 0 aromatic heterocycles. The molecule has 2 N–H and O–H groups in total. The van der Waals surface area contributed by atoms with Crippen molar-refractivity contribution in [1.82, 2.24) is 0 Å². The standard InChI is InChI=1S/C12H4N6O6/c13-3-6(4-14)9(5-15)16-11-8(12(19)20)1-7(17(21)22)2-10(11)18(23)24/h1-2,16H,(H,19,20). The number of anilines is 1. The van der Waals surface area contributed by atoms with E-state index < -0.39 is 49.7 Å². The molecule has 0 amide bonds. The number of nitro benzene ring substituents is 2. The van der Waals surface area contributed by atoms with Gasteiger partial charge in [-0.3, -0.25) is 20.2 Å². The molecular weight excluding hydrogens is 324 g/mol. The first-order valence-corrected chi connectivity index (χ1v) is 5.68. The zero-order valence-electron chi connectivity index (χ0n) is 11.4. The average Bonchev–Trinajstić information content (AvgIpc) is 2.53. The molecule has 0 fully saturated rings. The van der Waals surface area contributed by atoms with Crippen molar-refractivity contribution < 1.29 is 19.7 Å². The van der Waals surface area contributed by atoms with Gasteiger partial charge in [-0.25, -0.2) is 4.79 Å². The molecule has 0 saturated carbocycles. The summed E-state index contributed by atoms with van der Waals surface area (Å²) in [6.07, 6.45) is 0. The second-order valence-electron chi connectivity index (χ2n) is 3.92. The summed E-state index contributed by atoms with van der Waals surface area (Å²) in [6, 6.07) is 5.15. The first kappa shape index (κ1) is 17.6. The monoisotopic (exact) mass is 328 g/mol. The van der Waals surface area contributed by atoms with Crippen molar-refractivity contribution in [3.63, 3.8) is 0 Å². The fraction of sp³-hybridized carbons (Fsp3) is 0. The molecule has 0 atom stereocenters. The maximum atomic E-state index is 11.2. The van der Waals surface area contributed by atoms with E-state index in [-0.39, 0.29) is 0 Å². The van der Waals surface area contributed by atoms with E-state index in [0.29, 0.717) is 12.1 Å². The molecule has 1 rings (SSSR count).